The van der Waals surface area contributed by atoms with Crippen molar-refractivity contribution in [1.82, 2.24) is 14.7 Å². The Labute approximate surface area is 200 Å². The molecule has 2 atom stereocenters. The Morgan fingerprint density at radius 2 is 1.68 bits per heavy atom. The van der Waals surface area contributed by atoms with Crippen molar-refractivity contribution in [2.75, 3.05) is 6.61 Å². The molecule has 3 heterocycles. The number of ether oxygens (including phenoxy) is 1. The van der Waals surface area contributed by atoms with Crippen molar-refractivity contribution in [3.05, 3.63) is 77.6 Å². The average Bonchev–Trinajstić information content (AvgIpc) is 3.52. The number of carbonyl (C=O) groups is 1. The van der Waals surface area contributed by atoms with Crippen LogP contribution in [0.1, 0.15) is 61.6 Å². The van der Waals surface area contributed by atoms with E-state index in [1.54, 1.807) is 6.20 Å². The van der Waals surface area contributed by atoms with Crippen molar-refractivity contribution >= 4 is 6.09 Å². The van der Waals surface area contributed by atoms with Gasteiger partial charge >= 0.3 is 6.09 Å². The lowest BCUT2D eigenvalue weighted by molar-refractivity contribution is -0.0531. The van der Waals surface area contributed by atoms with Gasteiger partial charge in [0, 0.05) is 49.1 Å². The van der Waals surface area contributed by atoms with Gasteiger partial charge in [-0.1, -0.05) is 55.5 Å². The normalized spacial score (nSPS) is 25.3. The van der Waals surface area contributed by atoms with Gasteiger partial charge in [0.2, 0.25) is 0 Å². The largest absolute Gasteiger partial charge is 0.448 e. The monoisotopic (exact) mass is 457 g/mol. The van der Waals surface area contributed by atoms with E-state index in [1.165, 1.54) is 22.3 Å². The number of amides is 1. The summed E-state index contributed by atoms with van der Waals surface area (Å²) in [6.45, 7) is 3.29. The molecule has 34 heavy (non-hydrogen) atoms. The summed E-state index contributed by atoms with van der Waals surface area (Å²) in [5.41, 5.74) is 4.83. The Hall–Kier alpha value is -3.12. The average molecular weight is 458 g/mol. The summed E-state index contributed by atoms with van der Waals surface area (Å²) in [5.74, 6) is 0.0557. The molecule has 1 amide bonds. The predicted octanol–water partition coefficient (Wildman–Crippen LogP) is 5.06. The smallest absolute Gasteiger partial charge is 0.410 e. The Kier molecular flexibility index (Phi) is 5.21. The van der Waals surface area contributed by atoms with Crippen LogP contribution in [-0.4, -0.2) is 44.6 Å². The lowest BCUT2D eigenvalue weighted by atomic mass is 9.82. The zero-order chi connectivity index (χ0) is 23.3. The first-order valence-electron chi connectivity index (χ1n) is 12.5. The molecule has 6 rings (SSSR count). The highest BCUT2D eigenvalue weighted by Gasteiger charge is 2.51. The van der Waals surface area contributed by atoms with E-state index in [2.05, 4.69) is 48.4 Å². The van der Waals surface area contributed by atoms with Crippen LogP contribution in [0, 0.1) is 0 Å². The maximum atomic E-state index is 13.3. The van der Waals surface area contributed by atoms with Crippen LogP contribution in [0.2, 0.25) is 0 Å². The van der Waals surface area contributed by atoms with E-state index in [-0.39, 0.29) is 24.1 Å². The molecule has 6 nitrogen and oxygen atoms in total. The van der Waals surface area contributed by atoms with Gasteiger partial charge in [0.25, 0.3) is 0 Å². The fourth-order valence-electron chi connectivity index (χ4n) is 6.38. The minimum Gasteiger partial charge on any atom is -0.448 e. The Morgan fingerprint density at radius 1 is 1.06 bits per heavy atom. The van der Waals surface area contributed by atoms with Crippen LogP contribution in [0.3, 0.4) is 0 Å². The van der Waals surface area contributed by atoms with Gasteiger partial charge in [0.1, 0.15) is 6.61 Å². The molecule has 176 valence electrons. The molecule has 6 heteroatoms. The number of hydrogen-bond donors (Lipinski definition) is 1. The molecule has 0 saturated carbocycles. The van der Waals surface area contributed by atoms with Gasteiger partial charge in [-0.2, -0.15) is 5.10 Å². The van der Waals surface area contributed by atoms with Crippen LogP contribution in [-0.2, 0) is 16.9 Å². The first-order valence-corrected chi connectivity index (χ1v) is 12.5. The van der Waals surface area contributed by atoms with Crippen LogP contribution in [0.25, 0.3) is 11.1 Å². The van der Waals surface area contributed by atoms with Gasteiger partial charge in [-0.25, -0.2) is 4.79 Å². The second kappa shape index (κ2) is 8.27. The summed E-state index contributed by atoms with van der Waals surface area (Å²) in [5, 5.41) is 15.9. The molecule has 1 N–H and O–H groups in total. The maximum Gasteiger partial charge on any atom is 0.410 e. The topological polar surface area (TPSA) is 67.6 Å². The highest BCUT2D eigenvalue weighted by Crippen LogP contribution is 2.47. The number of fused-ring (bicyclic) bond motifs is 5. The van der Waals surface area contributed by atoms with E-state index >= 15 is 0 Å². The molecule has 3 aliphatic rings. The van der Waals surface area contributed by atoms with Crippen molar-refractivity contribution < 1.29 is 14.6 Å². The second-order valence-electron chi connectivity index (χ2n) is 10.0. The minimum absolute atomic E-state index is 0.00562. The molecule has 2 bridgehead atoms. The molecule has 2 fully saturated rings. The quantitative estimate of drug-likeness (QED) is 0.582. The molecule has 1 aliphatic carbocycles. The lowest BCUT2D eigenvalue weighted by Gasteiger charge is -2.42. The zero-order valence-electron chi connectivity index (χ0n) is 19.6. The Balaban J connectivity index is 1.16. The highest BCUT2D eigenvalue weighted by molar-refractivity contribution is 5.79. The van der Waals surface area contributed by atoms with Crippen molar-refractivity contribution in [3.8, 4) is 11.1 Å². The summed E-state index contributed by atoms with van der Waals surface area (Å²) in [7, 11) is 0. The van der Waals surface area contributed by atoms with Crippen LogP contribution >= 0.6 is 0 Å². The van der Waals surface area contributed by atoms with Gasteiger partial charge in [-0.15, -0.1) is 0 Å². The van der Waals surface area contributed by atoms with Gasteiger partial charge in [0.15, 0.2) is 0 Å². The summed E-state index contributed by atoms with van der Waals surface area (Å²) in [6.07, 6.45) is 7.38. The Morgan fingerprint density at radius 3 is 2.29 bits per heavy atom. The van der Waals surface area contributed by atoms with Gasteiger partial charge in [0.05, 0.1) is 11.8 Å². The van der Waals surface area contributed by atoms with E-state index in [1.807, 2.05) is 27.9 Å². The van der Waals surface area contributed by atoms with E-state index in [0.717, 1.165) is 31.4 Å². The number of hydrogen-bond acceptors (Lipinski definition) is 4. The molecule has 2 aromatic carbocycles. The number of aliphatic hydroxyl groups is 1. The number of aryl methyl sites for hydroxylation is 1. The molecular weight excluding hydrogens is 426 g/mol. The maximum absolute atomic E-state index is 13.3. The number of rotatable bonds is 5. The van der Waals surface area contributed by atoms with Crippen LogP contribution in [0.15, 0.2) is 60.9 Å². The van der Waals surface area contributed by atoms with Crippen LogP contribution in [0.4, 0.5) is 4.79 Å². The van der Waals surface area contributed by atoms with Crippen LogP contribution < -0.4 is 0 Å². The minimum atomic E-state index is -0.933. The summed E-state index contributed by atoms with van der Waals surface area (Å²) in [6, 6.07) is 16.8. The van der Waals surface area contributed by atoms with Gasteiger partial charge < -0.3 is 14.7 Å². The predicted molar refractivity (Wildman–Crippen MR) is 129 cm³/mol. The molecule has 2 unspecified atom stereocenters. The first kappa shape index (κ1) is 21.4. The molecule has 1 aromatic heterocycles. The number of piperidine rings is 1. The SMILES string of the molecule is CCCn1cc(C2(O)CC3CCC(C2)N3C(=O)OCC2c3ccccc3-c3ccccc32)cn1. The summed E-state index contributed by atoms with van der Waals surface area (Å²) >= 11 is 0. The zero-order valence-corrected chi connectivity index (χ0v) is 19.6. The third-order valence-corrected chi connectivity index (χ3v) is 7.94. The fraction of sp³-hybridized carbons (Fsp3) is 0.429. The molecule has 3 aromatic rings. The summed E-state index contributed by atoms with van der Waals surface area (Å²) in [4.78, 5) is 15.2. The van der Waals surface area contributed by atoms with Crippen LogP contribution in [0.5, 0.6) is 0 Å². The van der Waals surface area contributed by atoms with Crippen molar-refractivity contribution in [1.29, 1.82) is 0 Å². The third-order valence-electron chi connectivity index (χ3n) is 7.94. The van der Waals surface area contributed by atoms with Gasteiger partial charge in [-0.05, 0) is 41.5 Å². The molecular formula is C28H31N3O3. The highest BCUT2D eigenvalue weighted by atomic mass is 16.6. The Bertz CT molecular complexity index is 1160. The second-order valence-corrected chi connectivity index (χ2v) is 10.0. The molecule has 0 spiro atoms. The van der Waals surface area contributed by atoms with Crippen molar-refractivity contribution in [2.24, 2.45) is 0 Å². The molecule has 0 radical (unpaired) electrons. The van der Waals surface area contributed by atoms with E-state index in [9.17, 15) is 9.90 Å². The number of aromatic nitrogens is 2. The van der Waals surface area contributed by atoms with Gasteiger partial charge in [-0.3, -0.25) is 4.68 Å². The van der Waals surface area contributed by atoms with Crippen molar-refractivity contribution in [3.63, 3.8) is 0 Å². The van der Waals surface area contributed by atoms with Crippen molar-refractivity contribution in [2.45, 2.75) is 69.2 Å². The third kappa shape index (κ3) is 3.43. The number of carbonyl (C=O) groups excluding carboxylic acids is 1. The van der Waals surface area contributed by atoms with E-state index in [4.69, 9.17) is 4.74 Å². The standard InChI is InChI=1S/C28H31N3O3/c1-2-13-30-17-19(16-29-30)28(33)14-20-11-12-21(15-28)31(20)27(32)34-18-26-24-9-5-3-7-22(24)23-8-4-6-10-25(23)26/h3-10,16-17,20-21,26,33H,2,11-15,18H2,1H3. The lowest BCUT2D eigenvalue weighted by Crippen LogP contribution is -2.52. The molecule has 2 saturated heterocycles. The van der Waals surface area contributed by atoms with E-state index < -0.39 is 5.60 Å². The number of nitrogens with zero attached hydrogens (tertiary/aromatic N) is 3. The van der Waals surface area contributed by atoms with E-state index in [0.29, 0.717) is 19.4 Å². The number of benzene rings is 2. The molecule has 2 aliphatic heterocycles. The summed E-state index contributed by atoms with van der Waals surface area (Å²) < 4.78 is 7.85. The first-order chi connectivity index (χ1) is 16.6. The fourth-order valence-corrected chi connectivity index (χ4v) is 6.38.